The Balaban J connectivity index is 2.13. The molecular weight excluding hydrogens is 104 g/mol. The second-order valence-corrected chi connectivity index (χ2v) is 2.20. The minimum Gasteiger partial charge on any atom is -0.381 e. The van der Waals surface area contributed by atoms with E-state index < -0.39 is 0 Å². The predicted molar refractivity (Wildman–Crippen MR) is 31.3 cm³/mol. The van der Waals surface area contributed by atoms with Crippen molar-refractivity contribution >= 4 is 0 Å². The molecule has 0 aliphatic carbocycles. The van der Waals surface area contributed by atoms with Crippen LogP contribution >= 0.6 is 0 Å². The van der Waals surface area contributed by atoms with Crippen molar-refractivity contribution in [2.24, 2.45) is 17.4 Å². The average molecular weight is 116 g/mol. The van der Waals surface area contributed by atoms with Gasteiger partial charge in [0.25, 0.3) is 0 Å². The number of hydrogen-bond acceptors (Lipinski definition) is 3. The fraction of sp³-hybridized carbons (Fsp3) is 1.00. The van der Waals surface area contributed by atoms with Gasteiger partial charge in [-0.05, 0) is 0 Å². The number of rotatable bonds is 2. The highest BCUT2D eigenvalue weighted by atomic mass is 16.5. The van der Waals surface area contributed by atoms with Crippen molar-refractivity contribution in [2.45, 2.75) is 6.04 Å². The Labute approximate surface area is 49.0 Å². The summed E-state index contributed by atoms with van der Waals surface area (Å²) in [5.74, 6) is 0.528. The van der Waals surface area contributed by atoms with E-state index in [1.165, 1.54) is 0 Å². The molecule has 0 unspecified atom stereocenters. The van der Waals surface area contributed by atoms with Gasteiger partial charge in [0.15, 0.2) is 0 Å². The maximum atomic E-state index is 5.57. The highest BCUT2D eigenvalue weighted by Crippen LogP contribution is 2.11. The van der Waals surface area contributed by atoms with E-state index in [0.717, 1.165) is 13.2 Å². The highest BCUT2D eigenvalue weighted by Gasteiger charge is 2.23. The summed E-state index contributed by atoms with van der Waals surface area (Å²) in [5, 5.41) is 0. The number of nitrogens with two attached hydrogens (primary N) is 2. The van der Waals surface area contributed by atoms with Crippen LogP contribution in [0.5, 0.6) is 0 Å². The molecule has 1 aliphatic rings. The maximum absolute atomic E-state index is 5.57. The molecular formula is C5H12N2O. The van der Waals surface area contributed by atoms with Gasteiger partial charge in [0.05, 0.1) is 13.2 Å². The van der Waals surface area contributed by atoms with Crippen molar-refractivity contribution in [3.8, 4) is 0 Å². The van der Waals surface area contributed by atoms with E-state index in [1.54, 1.807) is 0 Å². The highest BCUT2D eigenvalue weighted by molar-refractivity contribution is 4.77. The molecule has 1 rings (SSSR count). The van der Waals surface area contributed by atoms with E-state index in [9.17, 15) is 0 Å². The summed E-state index contributed by atoms with van der Waals surface area (Å²) in [6.45, 7) is 2.19. The molecule has 3 heteroatoms. The molecule has 8 heavy (non-hydrogen) atoms. The van der Waals surface area contributed by atoms with Crippen LogP contribution in [-0.2, 0) is 4.74 Å². The first-order chi connectivity index (χ1) is 3.84. The zero-order valence-corrected chi connectivity index (χ0v) is 4.84. The topological polar surface area (TPSA) is 61.3 Å². The van der Waals surface area contributed by atoms with E-state index in [0.29, 0.717) is 12.5 Å². The van der Waals surface area contributed by atoms with Crippen LogP contribution in [0.4, 0.5) is 0 Å². The molecule has 4 N–H and O–H groups in total. The Kier molecular flexibility index (Phi) is 1.83. The molecule has 0 saturated carbocycles. The summed E-state index contributed by atoms with van der Waals surface area (Å²) in [5.41, 5.74) is 10.9. The lowest BCUT2D eigenvalue weighted by Crippen LogP contribution is -2.47. The van der Waals surface area contributed by atoms with Crippen molar-refractivity contribution in [1.29, 1.82) is 0 Å². The monoisotopic (exact) mass is 116 g/mol. The van der Waals surface area contributed by atoms with Gasteiger partial charge in [-0.25, -0.2) is 0 Å². The molecule has 1 atom stereocenters. The number of hydrogen-bond donors (Lipinski definition) is 2. The van der Waals surface area contributed by atoms with Crippen LogP contribution in [0.3, 0.4) is 0 Å². The van der Waals surface area contributed by atoms with Crippen LogP contribution in [0.15, 0.2) is 0 Å². The third-order valence-corrected chi connectivity index (χ3v) is 1.54. The Morgan fingerprint density at radius 3 is 2.38 bits per heavy atom. The Morgan fingerprint density at radius 2 is 2.25 bits per heavy atom. The number of ether oxygens (including phenoxy) is 1. The SMILES string of the molecule is NC[C@@H](N)C1COC1. The Bertz CT molecular complexity index is 70.1. The van der Waals surface area contributed by atoms with E-state index in [1.807, 2.05) is 0 Å². The third-order valence-electron chi connectivity index (χ3n) is 1.54. The van der Waals surface area contributed by atoms with Gasteiger partial charge in [-0.1, -0.05) is 0 Å². The first-order valence-electron chi connectivity index (χ1n) is 2.88. The molecule has 0 spiro atoms. The van der Waals surface area contributed by atoms with Crippen LogP contribution in [0.1, 0.15) is 0 Å². The van der Waals surface area contributed by atoms with Crippen LogP contribution in [0.2, 0.25) is 0 Å². The lowest BCUT2D eigenvalue weighted by atomic mass is 9.99. The van der Waals surface area contributed by atoms with Gasteiger partial charge in [0.1, 0.15) is 0 Å². The average Bonchev–Trinajstić information content (AvgIpc) is 1.62. The minimum absolute atomic E-state index is 0.156. The van der Waals surface area contributed by atoms with Gasteiger partial charge in [-0.3, -0.25) is 0 Å². The molecule has 0 bridgehead atoms. The standard InChI is InChI=1S/C5H12N2O/c6-1-5(7)4-2-8-3-4/h4-5H,1-3,6-7H2/t5-/m1/s1. The van der Waals surface area contributed by atoms with Crippen molar-refractivity contribution in [3.63, 3.8) is 0 Å². The second-order valence-electron chi connectivity index (χ2n) is 2.20. The van der Waals surface area contributed by atoms with E-state index >= 15 is 0 Å². The van der Waals surface area contributed by atoms with Crippen LogP contribution < -0.4 is 11.5 Å². The first-order valence-corrected chi connectivity index (χ1v) is 2.88. The molecule has 1 saturated heterocycles. The van der Waals surface area contributed by atoms with Crippen molar-refractivity contribution < 1.29 is 4.74 Å². The zero-order valence-electron chi connectivity index (χ0n) is 4.84. The van der Waals surface area contributed by atoms with Crippen LogP contribution in [0.25, 0.3) is 0 Å². The summed E-state index contributed by atoms with van der Waals surface area (Å²) in [6, 6.07) is 0.156. The van der Waals surface area contributed by atoms with Crippen LogP contribution in [-0.4, -0.2) is 25.8 Å². The van der Waals surface area contributed by atoms with E-state index in [2.05, 4.69) is 0 Å². The largest absolute Gasteiger partial charge is 0.381 e. The first kappa shape index (κ1) is 6.01. The van der Waals surface area contributed by atoms with Crippen molar-refractivity contribution in [2.75, 3.05) is 19.8 Å². The summed E-state index contributed by atoms with van der Waals surface area (Å²) >= 11 is 0. The molecule has 0 aromatic heterocycles. The molecule has 1 heterocycles. The quantitative estimate of drug-likeness (QED) is 0.482. The van der Waals surface area contributed by atoms with Crippen molar-refractivity contribution in [1.82, 2.24) is 0 Å². The molecule has 0 amide bonds. The van der Waals surface area contributed by atoms with Gasteiger partial charge in [0.2, 0.25) is 0 Å². The molecule has 1 aliphatic heterocycles. The second kappa shape index (κ2) is 2.44. The summed E-state index contributed by atoms with van der Waals surface area (Å²) < 4.78 is 4.92. The van der Waals surface area contributed by atoms with Gasteiger partial charge in [-0.2, -0.15) is 0 Å². The fourth-order valence-electron chi connectivity index (χ4n) is 0.694. The van der Waals surface area contributed by atoms with Crippen molar-refractivity contribution in [3.05, 3.63) is 0 Å². The minimum atomic E-state index is 0.156. The van der Waals surface area contributed by atoms with E-state index in [4.69, 9.17) is 16.2 Å². The summed E-state index contributed by atoms with van der Waals surface area (Å²) in [4.78, 5) is 0. The lowest BCUT2D eigenvalue weighted by molar-refractivity contribution is -0.0421. The van der Waals surface area contributed by atoms with E-state index in [-0.39, 0.29) is 6.04 Å². The maximum Gasteiger partial charge on any atom is 0.0531 e. The van der Waals surface area contributed by atoms with Gasteiger partial charge in [-0.15, -0.1) is 0 Å². The summed E-state index contributed by atoms with van der Waals surface area (Å²) in [6.07, 6.45) is 0. The molecule has 3 nitrogen and oxygen atoms in total. The Hall–Kier alpha value is -0.120. The molecule has 0 aromatic carbocycles. The third kappa shape index (κ3) is 0.992. The zero-order chi connectivity index (χ0) is 5.98. The normalized spacial score (nSPS) is 24.8. The fourth-order valence-corrected chi connectivity index (χ4v) is 0.694. The van der Waals surface area contributed by atoms with Gasteiger partial charge in [0, 0.05) is 18.5 Å². The van der Waals surface area contributed by atoms with Crippen LogP contribution in [0, 0.1) is 5.92 Å². The lowest BCUT2D eigenvalue weighted by Gasteiger charge is -2.30. The summed E-state index contributed by atoms with van der Waals surface area (Å²) in [7, 11) is 0. The smallest absolute Gasteiger partial charge is 0.0531 e. The Morgan fingerprint density at radius 1 is 1.62 bits per heavy atom. The molecule has 0 aromatic rings. The molecule has 0 radical (unpaired) electrons. The van der Waals surface area contributed by atoms with Gasteiger partial charge >= 0.3 is 0 Å². The molecule has 1 fully saturated rings. The van der Waals surface area contributed by atoms with Gasteiger partial charge < -0.3 is 16.2 Å². The molecule has 48 valence electrons. The predicted octanol–water partition coefficient (Wildman–Crippen LogP) is -1.08.